The van der Waals surface area contributed by atoms with Gasteiger partial charge in [0.1, 0.15) is 0 Å². The molecule has 28 heavy (non-hydrogen) atoms. The molecule has 6 heteroatoms. The Morgan fingerprint density at radius 2 is 1.79 bits per heavy atom. The molecule has 0 saturated carbocycles. The third-order valence-electron chi connectivity index (χ3n) is 5.54. The van der Waals surface area contributed by atoms with Crippen molar-refractivity contribution in [1.29, 1.82) is 0 Å². The molecule has 3 aromatic rings. The molecule has 1 aliphatic rings. The monoisotopic (exact) mass is 380 g/mol. The van der Waals surface area contributed by atoms with Gasteiger partial charge in [0.2, 0.25) is 17.7 Å². The lowest BCUT2D eigenvalue weighted by molar-refractivity contribution is 0.372. The molecule has 1 aliphatic carbocycles. The van der Waals surface area contributed by atoms with Crippen LogP contribution in [0.1, 0.15) is 37.4 Å². The van der Waals surface area contributed by atoms with Crippen molar-refractivity contribution in [3.8, 4) is 11.8 Å². The second-order valence-corrected chi connectivity index (χ2v) is 7.41. The molecule has 1 aromatic carbocycles. The molecular formula is C22H28N4O2. The average molecular weight is 380 g/mol. The SMILES string of the molecule is COc1cc(OC)nc(NC(C)CCn2c3c(c4ccccc42)CCCC3)n1. The van der Waals surface area contributed by atoms with E-state index in [1.165, 1.54) is 42.3 Å². The molecule has 2 heterocycles. The number of anilines is 1. The number of rotatable bonds is 7. The molecule has 2 aromatic heterocycles. The molecule has 0 fully saturated rings. The predicted octanol–water partition coefficient (Wildman–Crippen LogP) is 4.22. The normalized spacial score (nSPS) is 14.5. The molecule has 0 aliphatic heterocycles. The van der Waals surface area contributed by atoms with Crippen LogP contribution in [0.25, 0.3) is 10.9 Å². The standard InChI is InChI=1S/C22H28N4O2/c1-15(23-22-24-20(27-2)14-21(25-22)28-3)12-13-26-18-10-6-4-8-16(18)17-9-5-7-11-19(17)26/h4,6,8,10,14-15H,5,7,9,11-13H2,1-3H3,(H,23,24,25). The van der Waals surface area contributed by atoms with Crippen LogP contribution in [0.5, 0.6) is 11.8 Å². The van der Waals surface area contributed by atoms with Crippen molar-refractivity contribution in [3.63, 3.8) is 0 Å². The summed E-state index contributed by atoms with van der Waals surface area (Å²) in [6.07, 6.45) is 5.95. The molecular weight excluding hydrogens is 352 g/mol. The van der Waals surface area contributed by atoms with Gasteiger partial charge in [-0.3, -0.25) is 0 Å². The van der Waals surface area contributed by atoms with Gasteiger partial charge in [-0.15, -0.1) is 0 Å². The fourth-order valence-corrected chi connectivity index (χ4v) is 4.14. The highest BCUT2D eigenvalue weighted by Crippen LogP contribution is 2.32. The maximum absolute atomic E-state index is 5.23. The summed E-state index contributed by atoms with van der Waals surface area (Å²) in [6, 6.07) is 10.7. The van der Waals surface area contributed by atoms with E-state index >= 15 is 0 Å². The lowest BCUT2D eigenvalue weighted by Crippen LogP contribution is -2.20. The number of nitrogens with zero attached hydrogens (tertiary/aromatic N) is 3. The minimum atomic E-state index is 0.220. The maximum Gasteiger partial charge on any atom is 0.229 e. The maximum atomic E-state index is 5.23. The Morgan fingerprint density at radius 1 is 1.07 bits per heavy atom. The first kappa shape index (κ1) is 18.6. The molecule has 1 N–H and O–H groups in total. The molecule has 1 atom stereocenters. The number of aryl methyl sites for hydroxylation is 2. The van der Waals surface area contributed by atoms with Gasteiger partial charge in [-0.1, -0.05) is 18.2 Å². The fraction of sp³-hybridized carbons (Fsp3) is 0.455. The number of nitrogens with one attached hydrogen (secondary N) is 1. The van der Waals surface area contributed by atoms with Crippen LogP contribution in [0.4, 0.5) is 5.95 Å². The number of hydrogen-bond donors (Lipinski definition) is 1. The Labute approximate surface area is 165 Å². The second kappa shape index (κ2) is 8.09. The Bertz CT molecular complexity index is 944. The van der Waals surface area contributed by atoms with Crippen LogP contribution in [-0.4, -0.2) is 34.8 Å². The summed E-state index contributed by atoms with van der Waals surface area (Å²) in [4.78, 5) is 8.75. The van der Waals surface area contributed by atoms with Gasteiger partial charge in [-0.2, -0.15) is 9.97 Å². The Balaban J connectivity index is 1.51. The lowest BCUT2D eigenvalue weighted by atomic mass is 9.95. The van der Waals surface area contributed by atoms with E-state index in [2.05, 4.69) is 51.0 Å². The van der Waals surface area contributed by atoms with Gasteiger partial charge in [-0.05, 0) is 50.7 Å². The summed E-state index contributed by atoms with van der Waals surface area (Å²) in [5.74, 6) is 1.52. The predicted molar refractivity (Wildman–Crippen MR) is 111 cm³/mol. The number of ether oxygens (including phenoxy) is 2. The zero-order valence-corrected chi connectivity index (χ0v) is 16.9. The van der Waals surface area contributed by atoms with E-state index in [-0.39, 0.29) is 6.04 Å². The summed E-state index contributed by atoms with van der Waals surface area (Å²) >= 11 is 0. The molecule has 6 nitrogen and oxygen atoms in total. The summed E-state index contributed by atoms with van der Waals surface area (Å²) in [5, 5.41) is 4.82. The van der Waals surface area contributed by atoms with Crippen LogP contribution < -0.4 is 14.8 Å². The van der Waals surface area contributed by atoms with E-state index in [1.807, 2.05) is 0 Å². The topological polar surface area (TPSA) is 61.2 Å². The van der Waals surface area contributed by atoms with E-state index in [0.717, 1.165) is 13.0 Å². The third-order valence-corrected chi connectivity index (χ3v) is 5.54. The van der Waals surface area contributed by atoms with Gasteiger partial charge in [-0.25, -0.2) is 0 Å². The summed E-state index contributed by atoms with van der Waals surface area (Å²) in [5.41, 5.74) is 4.45. The third kappa shape index (κ3) is 3.63. The first-order valence-electron chi connectivity index (χ1n) is 10.0. The molecule has 4 rings (SSSR count). The van der Waals surface area contributed by atoms with E-state index < -0.39 is 0 Å². The van der Waals surface area contributed by atoms with Gasteiger partial charge < -0.3 is 19.4 Å². The largest absolute Gasteiger partial charge is 0.481 e. The van der Waals surface area contributed by atoms with Gasteiger partial charge in [0, 0.05) is 29.2 Å². The quantitative estimate of drug-likeness (QED) is 0.665. The van der Waals surface area contributed by atoms with Crippen LogP contribution in [0.15, 0.2) is 30.3 Å². The number of aromatic nitrogens is 3. The molecule has 0 saturated heterocycles. The molecule has 0 amide bonds. The van der Waals surface area contributed by atoms with E-state index in [0.29, 0.717) is 17.7 Å². The van der Waals surface area contributed by atoms with Crippen molar-refractivity contribution in [3.05, 3.63) is 41.6 Å². The summed E-state index contributed by atoms with van der Waals surface area (Å²) < 4.78 is 13.0. The number of para-hydroxylation sites is 1. The summed E-state index contributed by atoms with van der Waals surface area (Å²) in [7, 11) is 3.19. The fourth-order valence-electron chi connectivity index (χ4n) is 4.14. The van der Waals surface area contributed by atoms with Crippen molar-refractivity contribution in [2.24, 2.45) is 0 Å². The summed E-state index contributed by atoms with van der Waals surface area (Å²) in [6.45, 7) is 3.14. The van der Waals surface area contributed by atoms with Crippen molar-refractivity contribution < 1.29 is 9.47 Å². The van der Waals surface area contributed by atoms with E-state index in [9.17, 15) is 0 Å². The van der Waals surface area contributed by atoms with Gasteiger partial charge >= 0.3 is 0 Å². The van der Waals surface area contributed by atoms with E-state index in [1.54, 1.807) is 25.8 Å². The number of hydrogen-bond acceptors (Lipinski definition) is 5. The smallest absolute Gasteiger partial charge is 0.229 e. The van der Waals surface area contributed by atoms with Crippen molar-refractivity contribution in [2.45, 2.75) is 51.6 Å². The number of methoxy groups -OCH3 is 2. The second-order valence-electron chi connectivity index (χ2n) is 7.41. The van der Waals surface area contributed by atoms with Gasteiger partial charge in [0.25, 0.3) is 0 Å². The first-order valence-corrected chi connectivity index (χ1v) is 10.0. The highest BCUT2D eigenvalue weighted by molar-refractivity contribution is 5.85. The lowest BCUT2D eigenvalue weighted by Gasteiger charge is -2.19. The zero-order valence-electron chi connectivity index (χ0n) is 16.9. The highest BCUT2D eigenvalue weighted by atomic mass is 16.5. The first-order chi connectivity index (χ1) is 13.7. The molecule has 148 valence electrons. The van der Waals surface area contributed by atoms with Crippen molar-refractivity contribution in [1.82, 2.24) is 14.5 Å². The van der Waals surface area contributed by atoms with Crippen LogP contribution in [0, 0.1) is 0 Å². The minimum absolute atomic E-state index is 0.220. The van der Waals surface area contributed by atoms with E-state index in [4.69, 9.17) is 9.47 Å². The molecule has 1 unspecified atom stereocenters. The van der Waals surface area contributed by atoms with Gasteiger partial charge in [0.05, 0.1) is 20.3 Å². The van der Waals surface area contributed by atoms with Gasteiger partial charge in [0.15, 0.2) is 0 Å². The molecule has 0 spiro atoms. The Hall–Kier alpha value is -2.76. The zero-order chi connectivity index (χ0) is 19.5. The Morgan fingerprint density at radius 3 is 2.54 bits per heavy atom. The van der Waals surface area contributed by atoms with Crippen LogP contribution in [0.3, 0.4) is 0 Å². The Kier molecular flexibility index (Phi) is 5.37. The number of fused-ring (bicyclic) bond motifs is 3. The van der Waals surface area contributed by atoms with Crippen molar-refractivity contribution in [2.75, 3.05) is 19.5 Å². The molecule has 0 radical (unpaired) electrons. The van der Waals surface area contributed by atoms with Crippen LogP contribution in [-0.2, 0) is 19.4 Å². The van der Waals surface area contributed by atoms with Crippen LogP contribution >= 0.6 is 0 Å². The molecule has 0 bridgehead atoms. The number of benzene rings is 1. The highest BCUT2D eigenvalue weighted by Gasteiger charge is 2.20. The average Bonchev–Trinajstić information content (AvgIpc) is 3.05. The van der Waals surface area contributed by atoms with Crippen molar-refractivity contribution >= 4 is 16.9 Å². The minimum Gasteiger partial charge on any atom is -0.481 e. The van der Waals surface area contributed by atoms with Crippen LogP contribution in [0.2, 0.25) is 0 Å².